The molecule has 0 aliphatic carbocycles. The van der Waals surface area contributed by atoms with Crippen molar-refractivity contribution in [3.8, 4) is 0 Å². The molecule has 0 spiro atoms. The van der Waals surface area contributed by atoms with E-state index in [0.29, 0.717) is 30.3 Å². The Morgan fingerprint density at radius 2 is 2.21 bits per heavy atom. The number of carbonyl (C=O) groups excluding carboxylic acids is 1. The van der Waals surface area contributed by atoms with Crippen molar-refractivity contribution in [2.75, 3.05) is 13.1 Å². The van der Waals surface area contributed by atoms with Crippen LogP contribution in [0.4, 0.5) is 5.69 Å². The number of aromatic nitrogens is 1. The summed E-state index contributed by atoms with van der Waals surface area (Å²) in [5, 5.41) is 20.7. The summed E-state index contributed by atoms with van der Waals surface area (Å²) in [5.41, 5.74) is 1.38. The third kappa shape index (κ3) is 3.08. The fraction of sp³-hybridized carbons (Fsp3) is 0.375. The predicted molar refractivity (Wildman–Crippen MR) is 85.6 cm³/mol. The van der Waals surface area contributed by atoms with E-state index in [1.807, 2.05) is 0 Å². The highest BCUT2D eigenvalue weighted by molar-refractivity contribution is 5.90. The van der Waals surface area contributed by atoms with Crippen LogP contribution in [-0.2, 0) is 16.0 Å². The first-order valence-electron chi connectivity index (χ1n) is 7.70. The standard InChI is InChI=1S/C16H17N3O5/c20-15(18-5-1-2-10(9-18)16(21)22)6-11-8-17-14-4-3-12(19(23)24)7-13(11)14/h3-4,7-8,10,17H,1-2,5-6,9H2,(H,21,22). The van der Waals surface area contributed by atoms with E-state index in [0.717, 1.165) is 5.52 Å². The Morgan fingerprint density at radius 1 is 1.42 bits per heavy atom. The number of piperidine rings is 1. The van der Waals surface area contributed by atoms with Crippen molar-refractivity contribution in [3.05, 3.63) is 40.1 Å². The zero-order valence-corrected chi connectivity index (χ0v) is 12.9. The largest absolute Gasteiger partial charge is 0.481 e. The Bertz CT molecular complexity index is 813. The van der Waals surface area contributed by atoms with Gasteiger partial charge < -0.3 is 15.0 Å². The second kappa shape index (κ2) is 6.31. The number of rotatable bonds is 4. The second-order valence-electron chi connectivity index (χ2n) is 5.99. The number of nitrogens with one attached hydrogen (secondary N) is 1. The van der Waals surface area contributed by atoms with Crippen LogP contribution in [0.2, 0.25) is 0 Å². The minimum Gasteiger partial charge on any atom is -0.481 e. The molecule has 0 radical (unpaired) electrons. The number of carbonyl (C=O) groups is 2. The van der Waals surface area contributed by atoms with Crippen LogP contribution in [0.5, 0.6) is 0 Å². The van der Waals surface area contributed by atoms with Crippen LogP contribution in [0.1, 0.15) is 18.4 Å². The Kier molecular flexibility index (Phi) is 4.20. The van der Waals surface area contributed by atoms with E-state index >= 15 is 0 Å². The van der Waals surface area contributed by atoms with Gasteiger partial charge in [-0.1, -0.05) is 0 Å². The van der Waals surface area contributed by atoms with Crippen LogP contribution < -0.4 is 0 Å². The zero-order valence-electron chi connectivity index (χ0n) is 12.9. The van der Waals surface area contributed by atoms with Gasteiger partial charge in [0.1, 0.15) is 0 Å². The van der Waals surface area contributed by atoms with E-state index in [2.05, 4.69) is 4.98 Å². The normalized spacial score (nSPS) is 17.8. The van der Waals surface area contributed by atoms with Crippen molar-refractivity contribution in [1.82, 2.24) is 9.88 Å². The molecule has 24 heavy (non-hydrogen) atoms. The van der Waals surface area contributed by atoms with Gasteiger partial charge in [0, 0.05) is 42.3 Å². The maximum Gasteiger partial charge on any atom is 0.308 e. The molecule has 3 rings (SSSR count). The summed E-state index contributed by atoms with van der Waals surface area (Å²) in [5.74, 6) is -1.56. The number of hydrogen-bond acceptors (Lipinski definition) is 4. The number of non-ortho nitro benzene ring substituents is 1. The maximum atomic E-state index is 12.5. The van der Waals surface area contributed by atoms with E-state index in [4.69, 9.17) is 5.11 Å². The van der Waals surface area contributed by atoms with Crippen molar-refractivity contribution in [1.29, 1.82) is 0 Å². The summed E-state index contributed by atoms with van der Waals surface area (Å²) >= 11 is 0. The summed E-state index contributed by atoms with van der Waals surface area (Å²) in [4.78, 5) is 38.6. The third-order valence-corrected chi connectivity index (χ3v) is 4.43. The van der Waals surface area contributed by atoms with E-state index in [9.17, 15) is 19.7 Å². The molecule has 2 N–H and O–H groups in total. The monoisotopic (exact) mass is 331 g/mol. The molecule has 1 aliphatic rings. The average molecular weight is 331 g/mol. The first-order valence-corrected chi connectivity index (χ1v) is 7.70. The van der Waals surface area contributed by atoms with Gasteiger partial charge in [-0.25, -0.2) is 0 Å². The van der Waals surface area contributed by atoms with Crippen LogP contribution in [0.25, 0.3) is 10.9 Å². The quantitative estimate of drug-likeness (QED) is 0.656. The van der Waals surface area contributed by atoms with Crippen molar-refractivity contribution in [2.24, 2.45) is 5.92 Å². The highest BCUT2D eigenvalue weighted by Gasteiger charge is 2.28. The topological polar surface area (TPSA) is 117 Å². The van der Waals surface area contributed by atoms with Gasteiger partial charge in [-0.3, -0.25) is 19.7 Å². The third-order valence-electron chi connectivity index (χ3n) is 4.43. The number of fused-ring (bicyclic) bond motifs is 1. The number of nitro groups is 1. The minimum absolute atomic E-state index is 0.0280. The molecular formula is C16H17N3O5. The molecule has 1 unspecified atom stereocenters. The van der Waals surface area contributed by atoms with Crippen molar-refractivity contribution < 1.29 is 19.6 Å². The fourth-order valence-electron chi connectivity index (χ4n) is 3.11. The first kappa shape index (κ1) is 16.0. The van der Waals surface area contributed by atoms with Crippen LogP contribution >= 0.6 is 0 Å². The molecule has 1 atom stereocenters. The second-order valence-corrected chi connectivity index (χ2v) is 5.99. The molecule has 2 heterocycles. The number of carboxylic acids is 1. The minimum atomic E-state index is -0.879. The van der Waals surface area contributed by atoms with Gasteiger partial charge >= 0.3 is 5.97 Å². The number of hydrogen-bond donors (Lipinski definition) is 2. The number of aromatic amines is 1. The van der Waals surface area contributed by atoms with Crippen LogP contribution in [0.3, 0.4) is 0 Å². The Labute approximate surface area is 137 Å². The molecule has 2 aromatic rings. The molecule has 1 fully saturated rings. The van der Waals surface area contributed by atoms with Gasteiger partial charge in [-0.05, 0) is 24.5 Å². The van der Waals surface area contributed by atoms with Crippen molar-refractivity contribution in [2.45, 2.75) is 19.3 Å². The van der Waals surface area contributed by atoms with Crippen LogP contribution in [0.15, 0.2) is 24.4 Å². The predicted octanol–water partition coefficient (Wildman–Crippen LogP) is 1.94. The number of nitrogens with zero attached hydrogens (tertiary/aromatic N) is 2. The molecule has 1 amide bonds. The number of likely N-dealkylation sites (tertiary alicyclic amines) is 1. The number of amides is 1. The van der Waals surface area contributed by atoms with E-state index in [1.165, 1.54) is 12.1 Å². The van der Waals surface area contributed by atoms with Crippen LogP contribution in [0, 0.1) is 16.0 Å². The highest BCUT2D eigenvalue weighted by atomic mass is 16.6. The number of carboxylic acid groups (broad SMARTS) is 1. The average Bonchev–Trinajstić information content (AvgIpc) is 2.97. The smallest absolute Gasteiger partial charge is 0.308 e. The molecule has 8 nitrogen and oxygen atoms in total. The molecule has 1 aromatic carbocycles. The number of nitro benzene ring substituents is 1. The lowest BCUT2D eigenvalue weighted by molar-refractivity contribution is -0.384. The fourth-order valence-corrected chi connectivity index (χ4v) is 3.11. The molecule has 0 bridgehead atoms. The Morgan fingerprint density at radius 3 is 2.92 bits per heavy atom. The Balaban J connectivity index is 1.79. The van der Waals surface area contributed by atoms with Gasteiger partial charge in [-0.15, -0.1) is 0 Å². The zero-order chi connectivity index (χ0) is 17.3. The van der Waals surface area contributed by atoms with Crippen molar-refractivity contribution in [3.63, 3.8) is 0 Å². The lowest BCUT2D eigenvalue weighted by Crippen LogP contribution is -2.42. The van der Waals surface area contributed by atoms with Gasteiger partial charge in [0.15, 0.2) is 0 Å². The lowest BCUT2D eigenvalue weighted by Gasteiger charge is -2.30. The summed E-state index contributed by atoms with van der Waals surface area (Å²) in [6, 6.07) is 4.47. The summed E-state index contributed by atoms with van der Waals surface area (Å²) < 4.78 is 0. The van der Waals surface area contributed by atoms with E-state index in [-0.39, 0.29) is 24.6 Å². The molecule has 1 saturated heterocycles. The van der Waals surface area contributed by atoms with Gasteiger partial charge in [-0.2, -0.15) is 0 Å². The molecule has 1 aromatic heterocycles. The molecule has 1 aliphatic heterocycles. The number of H-pyrrole nitrogens is 1. The summed E-state index contributed by atoms with van der Waals surface area (Å²) in [6.45, 7) is 0.766. The van der Waals surface area contributed by atoms with Gasteiger partial charge in [0.05, 0.1) is 17.3 Å². The SMILES string of the molecule is O=C(O)C1CCCN(C(=O)Cc2c[nH]c3ccc([N+](=O)[O-])cc23)C1. The van der Waals surface area contributed by atoms with Gasteiger partial charge in [0.2, 0.25) is 5.91 Å². The van der Waals surface area contributed by atoms with E-state index < -0.39 is 16.8 Å². The maximum absolute atomic E-state index is 12.5. The molecule has 0 saturated carbocycles. The lowest BCUT2D eigenvalue weighted by atomic mass is 9.97. The molecule has 8 heteroatoms. The van der Waals surface area contributed by atoms with E-state index in [1.54, 1.807) is 17.2 Å². The first-order chi connectivity index (χ1) is 11.5. The number of benzene rings is 1. The summed E-state index contributed by atoms with van der Waals surface area (Å²) in [6.07, 6.45) is 3.01. The number of aliphatic carboxylic acids is 1. The Hall–Kier alpha value is -2.90. The van der Waals surface area contributed by atoms with Gasteiger partial charge in [0.25, 0.3) is 5.69 Å². The van der Waals surface area contributed by atoms with Crippen molar-refractivity contribution >= 4 is 28.5 Å². The summed E-state index contributed by atoms with van der Waals surface area (Å²) in [7, 11) is 0. The van der Waals surface area contributed by atoms with Crippen LogP contribution in [-0.4, -0.2) is 44.9 Å². The highest BCUT2D eigenvalue weighted by Crippen LogP contribution is 2.25. The molecule has 126 valence electrons. The molecular weight excluding hydrogens is 314 g/mol.